The van der Waals surface area contributed by atoms with Crippen molar-refractivity contribution in [3.8, 4) is 5.82 Å². The summed E-state index contributed by atoms with van der Waals surface area (Å²) in [5.74, 6) is 0.685. The number of benzene rings is 1. The van der Waals surface area contributed by atoms with E-state index in [0.29, 0.717) is 36.0 Å². The zero-order chi connectivity index (χ0) is 21.0. The van der Waals surface area contributed by atoms with Gasteiger partial charge in [0.15, 0.2) is 11.0 Å². The molecule has 154 valence electrons. The van der Waals surface area contributed by atoms with Gasteiger partial charge in [-0.3, -0.25) is 14.3 Å². The lowest BCUT2D eigenvalue weighted by atomic mass is 10.1. The van der Waals surface area contributed by atoms with E-state index in [2.05, 4.69) is 48.1 Å². The summed E-state index contributed by atoms with van der Waals surface area (Å²) in [6.45, 7) is 10.2. The first-order valence-corrected chi connectivity index (χ1v) is 10.4. The van der Waals surface area contributed by atoms with Gasteiger partial charge in [0.1, 0.15) is 0 Å². The first-order valence-electron chi connectivity index (χ1n) is 9.98. The number of para-hydroxylation sites is 1. The van der Waals surface area contributed by atoms with Gasteiger partial charge in [0.25, 0.3) is 0 Å². The fraction of sp³-hybridized carbons (Fsp3) is 0.409. The van der Waals surface area contributed by atoms with Gasteiger partial charge in [-0.05, 0) is 51.5 Å². The molecule has 1 N–H and O–H groups in total. The van der Waals surface area contributed by atoms with Gasteiger partial charge in [-0.15, -0.1) is 10.2 Å². The van der Waals surface area contributed by atoms with Crippen LogP contribution < -0.4 is 5.32 Å². The van der Waals surface area contributed by atoms with Crippen LogP contribution in [0.2, 0.25) is 5.15 Å². The highest BCUT2D eigenvalue weighted by Gasteiger charge is 2.15. The molecule has 3 rings (SSSR count). The molecule has 0 bridgehead atoms. The summed E-state index contributed by atoms with van der Waals surface area (Å²) in [5.41, 5.74) is 1.94. The lowest BCUT2D eigenvalue weighted by Gasteiger charge is -2.30. The monoisotopic (exact) mass is 413 g/mol. The average Bonchev–Trinajstić information content (AvgIpc) is 3.04. The van der Waals surface area contributed by atoms with Crippen LogP contribution in [0.5, 0.6) is 0 Å². The number of halogens is 1. The molecule has 0 unspecified atom stereocenters. The highest BCUT2D eigenvalue weighted by molar-refractivity contribution is 6.29. The van der Waals surface area contributed by atoms with Crippen molar-refractivity contribution < 1.29 is 4.79 Å². The highest BCUT2D eigenvalue weighted by Crippen LogP contribution is 2.24. The Morgan fingerprint density at radius 1 is 1.10 bits per heavy atom. The second kappa shape index (κ2) is 9.37. The molecule has 1 aromatic carbocycles. The Morgan fingerprint density at radius 3 is 2.48 bits per heavy atom. The second-order valence-corrected chi connectivity index (χ2v) is 8.10. The zero-order valence-corrected chi connectivity index (χ0v) is 18.1. The van der Waals surface area contributed by atoms with E-state index in [4.69, 9.17) is 11.6 Å². The first-order chi connectivity index (χ1) is 13.9. The number of rotatable bonds is 8. The van der Waals surface area contributed by atoms with Gasteiger partial charge in [0.05, 0.1) is 11.9 Å². The average molecular weight is 414 g/mol. The maximum atomic E-state index is 12.6. The number of carbonyl (C=O) groups excluding carboxylic acids is 1. The molecule has 0 radical (unpaired) electrons. The van der Waals surface area contributed by atoms with Crippen LogP contribution >= 0.6 is 11.6 Å². The van der Waals surface area contributed by atoms with Crippen LogP contribution in [-0.2, 0) is 11.2 Å². The van der Waals surface area contributed by atoms with Gasteiger partial charge in [-0.2, -0.15) is 0 Å². The molecule has 7 heteroatoms. The number of carbonyl (C=O) groups is 1. The van der Waals surface area contributed by atoms with E-state index in [9.17, 15) is 4.79 Å². The number of fused-ring (bicyclic) bond motifs is 1. The number of amides is 1. The number of nitrogens with one attached hydrogen (secondary N) is 1. The Hall–Kier alpha value is -2.44. The SMILES string of the molecule is CC(C)N(CCNC(=O)Cc1cn(-c2ccc(Cl)nn2)c2ccccc12)C(C)C. The van der Waals surface area contributed by atoms with Crippen LogP contribution in [0.3, 0.4) is 0 Å². The first kappa shape index (κ1) is 21.3. The van der Waals surface area contributed by atoms with E-state index in [1.165, 1.54) is 0 Å². The molecule has 0 fully saturated rings. The maximum absolute atomic E-state index is 12.6. The molecular weight excluding hydrogens is 386 g/mol. The molecule has 6 nitrogen and oxygen atoms in total. The summed E-state index contributed by atoms with van der Waals surface area (Å²) < 4.78 is 1.94. The van der Waals surface area contributed by atoms with Crippen LogP contribution in [-0.4, -0.2) is 50.7 Å². The van der Waals surface area contributed by atoms with Gasteiger partial charge in [0, 0.05) is 36.8 Å². The third-order valence-corrected chi connectivity index (χ3v) is 5.23. The minimum absolute atomic E-state index is 0.0163. The highest BCUT2D eigenvalue weighted by atomic mass is 35.5. The maximum Gasteiger partial charge on any atom is 0.224 e. The summed E-state index contributed by atoms with van der Waals surface area (Å²) in [6.07, 6.45) is 2.27. The third kappa shape index (κ3) is 5.14. The van der Waals surface area contributed by atoms with Crippen molar-refractivity contribution in [1.82, 2.24) is 25.0 Å². The predicted molar refractivity (Wildman–Crippen MR) is 118 cm³/mol. The number of aromatic nitrogens is 3. The van der Waals surface area contributed by atoms with Gasteiger partial charge >= 0.3 is 0 Å². The van der Waals surface area contributed by atoms with E-state index < -0.39 is 0 Å². The van der Waals surface area contributed by atoms with Crippen LogP contribution in [0, 0.1) is 0 Å². The Kier molecular flexibility index (Phi) is 6.87. The molecule has 0 aliphatic rings. The Bertz CT molecular complexity index is 957. The Labute approximate surface area is 176 Å². The Balaban J connectivity index is 1.73. The van der Waals surface area contributed by atoms with E-state index in [-0.39, 0.29) is 5.91 Å². The Morgan fingerprint density at radius 2 is 1.83 bits per heavy atom. The molecule has 29 heavy (non-hydrogen) atoms. The molecule has 0 atom stereocenters. The second-order valence-electron chi connectivity index (χ2n) is 7.71. The molecule has 0 aliphatic carbocycles. The van der Waals surface area contributed by atoms with Crippen LogP contribution in [0.4, 0.5) is 0 Å². The summed E-state index contributed by atoms with van der Waals surface area (Å²) in [4.78, 5) is 14.9. The molecule has 0 saturated heterocycles. The van der Waals surface area contributed by atoms with Crippen molar-refractivity contribution >= 4 is 28.4 Å². The normalized spacial score (nSPS) is 11.7. The fourth-order valence-electron chi connectivity index (χ4n) is 3.69. The van der Waals surface area contributed by atoms with Gasteiger partial charge in [0.2, 0.25) is 5.91 Å². The van der Waals surface area contributed by atoms with Crippen LogP contribution in [0.15, 0.2) is 42.6 Å². The van der Waals surface area contributed by atoms with E-state index in [1.807, 2.05) is 41.1 Å². The van der Waals surface area contributed by atoms with Gasteiger partial charge in [-0.25, -0.2) is 0 Å². The number of hydrogen-bond acceptors (Lipinski definition) is 4. The van der Waals surface area contributed by atoms with Crippen molar-refractivity contribution in [1.29, 1.82) is 0 Å². The minimum Gasteiger partial charge on any atom is -0.355 e. The van der Waals surface area contributed by atoms with Gasteiger partial charge < -0.3 is 5.32 Å². The van der Waals surface area contributed by atoms with Crippen LogP contribution in [0.1, 0.15) is 33.3 Å². The fourth-order valence-corrected chi connectivity index (χ4v) is 3.79. The lowest BCUT2D eigenvalue weighted by molar-refractivity contribution is -0.120. The standard InChI is InChI=1S/C22H28ClN5O/c1-15(2)27(16(3)4)12-11-24-22(29)13-17-14-28(19-8-6-5-7-18(17)19)21-10-9-20(23)25-26-21/h5-10,14-16H,11-13H2,1-4H3,(H,24,29). The largest absolute Gasteiger partial charge is 0.355 e. The number of hydrogen-bond donors (Lipinski definition) is 1. The molecule has 0 saturated carbocycles. The zero-order valence-electron chi connectivity index (χ0n) is 17.4. The quantitative estimate of drug-likeness (QED) is 0.609. The summed E-state index contributed by atoms with van der Waals surface area (Å²) in [7, 11) is 0. The lowest BCUT2D eigenvalue weighted by Crippen LogP contribution is -2.42. The van der Waals surface area contributed by atoms with E-state index in [1.54, 1.807) is 6.07 Å². The van der Waals surface area contributed by atoms with E-state index in [0.717, 1.165) is 23.0 Å². The van der Waals surface area contributed by atoms with Crippen molar-refractivity contribution in [3.05, 3.63) is 53.3 Å². The van der Waals surface area contributed by atoms with Crippen molar-refractivity contribution in [2.45, 2.75) is 46.2 Å². The third-order valence-electron chi connectivity index (χ3n) is 5.03. The van der Waals surface area contributed by atoms with Crippen molar-refractivity contribution in [2.75, 3.05) is 13.1 Å². The minimum atomic E-state index is 0.0163. The van der Waals surface area contributed by atoms with E-state index >= 15 is 0 Å². The topological polar surface area (TPSA) is 63.1 Å². The molecule has 2 heterocycles. The molecule has 3 aromatic rings. The summed E-state index contributed by atoms with van der Waals surface area (Å²) in [5, 5.41) is 12.5. The molecule has 2 aromatic heterocycles. The van der Waals surface area contributed by atoms with Crippen LogP contribution in [0.25, 0.3) is 16.7 Å². The predicted octanol–water partition coefficient (Wildman–Crippen LogP) is 3.85. The molecule has 0 spiro atoms. The summed E-state index contributed by atoms with van der Waals surface area (Å²) in [6, 6.07) is 12.4. The molecular formula is C22H28ClN5O. The van der Waals surface area contributed by atoms with Crippen molar-refractivity contribution in [2.24, 2.45) is 0 Å². The molecule has 0 aliphatic heterocycles. The van der Waals surface area contributed by atoms with Gasteiger partial charge in [-0.1, -0.05) is 29.8 Å². The van der Waals surface area contributed by atoms with Crippen molar-refractivity contribution in [3.63, 3.8) is 0 Å². The molecule has 1 amide bonds. The summed E-state index contributed by atoms with van der Waals surface area (Å²) >= 11 is 5.86. The number of nitrogens with zero attached hydrogens (tertiary/aromatic N) is 4. The smallest absolute Gasteiger partial charge is 0.224 e.